The van der Waals surface area contributed by atoms with Crippen molar-refractivity contribution in [1.82, 2.24) is 10.9 Å². The van der Waals surface area contributed by atoms with E-state index in [4.69, 9.17) is 11.7 Å². The van der Waals surface area contributed by atoms with Crippen molar-refractivity contribution in [2.45, 2.75) is 12.8 Å². The summed E-state index contributed by atoms with van der Waals surface area (Å²) in [7, 11) is 0. The van der Waals surface area contributed by atoms with Crippen LogP contribution in [0.25, 0.3) is 0 Å². The first-order valence-corrected chi connectivity index (χ1v) is 4.72. The van der Waals surface area contributed by atoms with Gasteiger partial charge in [0.05, 0.1) is 12.8 Å². The monoisotopic (exact) mass is 222 g/mol. The zero-order valence-electron chi connectivity index (χ0n) is 8.69. The zero-order chi connectivity index (χ0) is 12.0. The van der Waals surface area contributed by atoms with Gasteiger partial charge in [0.25, 0.3) is 0 Å². The number of hydrogen-bond acceptors (Lipinski definition) is 4. The fourth-order valence-corrected chi connectivity index (χ4v) is 1.25. The molecule has 0 atom stereocenters. The molecule has 1 rings (SSSR count). The third kappa shape index (κ3) is 3.68. The quantitative estimate of drug-likeness (QED) is 0.290. The minimum Gasteiger partial charge on any atom is -0.294 e. The van der Waals surface area contributed by atoms with Crippen molar-refractivity contribution in [3.63, 3.8) is 0 Å². The molecular weight excluding hydrogens is 208 g/mol. The molecule has 0 fully saturated rings. The van der Waals surface area contributed by atoms with Gasteiger partial charge in [-0.15, -0.1) is 0 Å². The lowest BCUT2D eigenvalue weighted by molar-refractivity contribution is -0.121. The molecule has 86 valence electrons. The summed E-state index contributed by atoms with van der Waals surface area (Å²) in [4.78, 5) is 21.9. The lowest BCUT2D eigenvalue weighted by Gasteiger charge is -2.03. The Morgan fingerprint density at radius 2 is 1.19 bits per heavy atom. The van der Waals surface area contributed by atoms with Gasteiger partial charge in [0.2, 0.25) is 11.8 Å². The number of rotatable bonds is 4. The van der Waals surface area contributed by atoms with Crippen molar-refractivity contribution < 1.29 is 9.59 Å². The molecule has 0 heterocycles. The van der Waals surface area contributed by atoms with E-state index in [1.165, 1.54) is 0 Å². The Balaban J connectivity index is 2.60. The van der Waals surface area contributed by atoms with Gasteiger partial charge in [-0.1, -0.05) is 24.3 Å². The Morgan fingerprint density at radius 1 is 0.875 bits per heavy atom. The molecule has 0 saturated carbocycles. The molecule has 0 saturated heterocycles. The molecule has 0 aromatic heterocycles. The molecule has 0 spiro atoms. The molecule has 0 aliphatic heterocycles. The molecule has 6 N–H and O–H groups in total. The van der Waals surface area contributed by atoms with Crippen LogP contribution >= 0.6 is 0 Å². The first kappa shape index (κ1) is 12.2. The number of carbonyl (C=O) groups excluding carboxylic acids is 2. The molecule has 0 bridgehead atoms. The Labute approximate surface area is 92.9 Å². The van der Waals surface area contributed by atoms with Crippen LogP contribution in [-0.4, -0.2) is 11.8 Å². The summed E-state index contributed by atoms with van der Waals surface area (Å²) >= 11 is 0. The van der Waals surface area contributed by atoms with Crippen molar-refractivity contribution >= 4 is 11.8 Å². The number of amides is 2. The maximum absolute atomic E-state index is 11.0. The van der Waals surface area contributed by atoms with Crippen molar-refractivity contribution in [2.24, 2.45) is 11.7 Å². The van der Waals surface area contributed by atoms with Gasteiger partial charge < -0.3 is 0 Å². The molecule has 0 aliphatic rings. The summed E-state index contributed by atoms with van der Waals surface area (Å²) < 4.78 is 0. The highest BCUT2D eigenvalue weighted by atomic mass is 16.2. The maximum atomic E-state index is 11.0. The standard InChI is InChI=1S/C10H14N4O2/c11-13-9(15)5-7-1-2-8(4-3-7)6-10(16)14-12/h1-4H,5-6,11-12H2,(H,13,15)(H,14,16). The van der Waals surface area contributed by atoms with Crippen molar-refractivity contribution in [3.05, 3.63) is 35.4 Å². The number of benzene rings is 1. The average molecular weight is 222 g/mol. The highest BCUT2D eigenvalue weighted by Crippen LogP contribution is 2.05. The van der Waals surface area contributed by atoms with Crippen molar-refractivity contribution in [3.8, 4) is 0 Å². The first-order valence-electron chi connectivity index (χ1n) is 4.72. The van der Waals surface area contributed by atoms with E-state index in [0.29, 0.717) is 0 Å². The van der Waals surface area contributed by atoms with E-state index in [1.54, 1.807) is 24.3 Å². The molecule has 0 unspecified atom stereocenters. The molecule has 2 amide bonds. The predicted octanol–water partition coefficient (Wildman–Crippen LogP) is -1.25. The summed E-state index contributed by atoms with van der Waals surface area (Å²) in [6.45, 7) is 0. The SMILES string of the molecule is NNC(=O)Cc1ccc(CC(=O)NN)cc1. The Morgan fingerprint density at radius 3 is 1.44 bits per heavy atom. The summed E-state index contributed by atoms with van der Waals surface area (Å²) in [5.41, 5.74) is 5.77. The summed E-state index contributed by atoms with van der Waals surface area (Å²) in [5, 5.41) is 0. The second kappa shape index (κ2) is 5.84. The average Bonchev–Trinajstić information content (AvgIpc) is 2.31. The van der Waals surface area contributed by atoms with E-state index in [1.807, 2.05) is 10.9 Å². The second-order valence-electron chi connectivity index (χ2n) is 3.31. The highest BCUT2D eigenvalue weighted by Gasteiger charge is 2.03. The van der Waals surface area contributed by atoms with E-state index in [-0.39, 0.29) is 24.7 Å². The Hall–Kier alpha value is -1.92. The Kier molecular flexibility index (Phi) is 4.43. The number of hydrogen-bond donors (Lipinski definition) is 4. The smallest absolute Gasteiger partial charge is 0.238 e. The van der Waals surface area contributed by atoms with Crippen LogP contribution in [0.3, 0.4) is 0 Å². The van der Waals surface area contributed by atoms with E-state index in [0.717, 1.165) is 11.1 Å². The lowest BCUT2D eigenvalue weighted by Crippen LogP contribution is -2.31. The predicted molar refractivity (Wildman–Crippen MR) is 58.5 cm³/mol. The molecule has 6 nitrogen and oxygen atoms in total. The van der Waals surface area contributed by atoms with Gasteiger partial charge in [-0.25, -0.2) is 11.7 Å². The van der Waals surface area contributed by atoms with Crippen LogP contribution in [0.15, 0.2) is 24.3 Å². The van der Waals surface area contributed by atoms with E-state index < -0.39 is 0 Å². The normalized spacial score (nSPS) is 9.62. The van der Waals surface area contributed by atoms with E-state index in [2.05, 4.69) is 0 Å². The summed E-state index contributed by atoms with van der Waals surface area (Å²) in [5.74, 6) is 9.42. The van der Waals surface area contributed by atoms with Gasteiger partial charge in [0.1, 0.15) is 0 Å². The molecule has 6 heteroatoms. The summed E-state index contributed by atoms with van der Waals surface area (Å²) in [6, 6.07) is 7.09. The van der Waals surface area contributed by atoms with Crippen molar-refractivity contribution in [1.29, 1.82) is 0 Å². The van der Waals surface area contributed by atoms with Crippen LogP contribution in [-0.2, 0) is 22.4 Å². The van der Waals surface area contributed by atoms with Crippen LogP contribution in [0.5, 0.6) is 0 Å². The zero-order valence-corrected chi connectivity index (χ0v) is 8.69. The number of nitrogens with two attached hydrogens (primary N) is 2. The van der Waals surface area contributed by atoms with Gasteiger partial charge in [0.15, 0.2) is 0 Å². The lowest BCUT2D eigenvalue weighted by atomic mass is 10.1. The molecule has 1 aromatic rings. The van der Waals surface area contributed by atoms with Crippen LogP contribution < -0.4 is 22.5 Å². The van der Waals surface area contributed by atoms with Crippen LogP contribution in [0, 0.1) is 0 Å². The first-order chi connectivity index (χ1) is 7.65. The number of nitrogens with one attached hydrogen (secondary N) is 2. The Bertz CT molecular complexity index is 338. The van der Waals surface area contributed by atoms with Crippen LogP contribution in [0.4, 0.5) is 0 Å². The van der Waals surface area contributed by atoms with E-state index >= 15 is 0 Å². The van der Waals surface area contributed by atoms with Gasteiger partial charge in [-0.3, -0.25) is 20.4 Å². The molecule has 0 aliphatic carbocycles. The minimum absolute atomic E-state index is 0.222. The van der Waals surface area contributed by atoms with Crippen molar-refractivity contribution in [2.75, 3.05) is 0 Å². The van der Waals surface area contributed by atoms with Crippen LogP contribution in [0.1, 0.15) is 11.1 Å². The van der Waals surface area contributed by atoms with Gasteiger partial charge in [0, 0.05) is 0 Å². The third-order valence-corrected chi connectivity index (χ3v) is 2.07. The van der Waals surface area contributed by atoms with Gasteiger partial charge in [-0.2, -0.15) is 0 Å². The molecule has 1 aromatic carbocycles. The fourth-order valence-electron chi connectivity index (χ4n) is 1.25. The van der Waals surface area contributed by atoms with Crippen LogP contribution in [0.2, 0.25) is 0 Å². The molecule has 0 radical (unpaired) electrons. The molecular formula is C10H14N4O2. The van der Waals surface area contributed by atoms with E-state index in [9.17, 15) is 9.59 Å². The maximum Gasteiger partial charge on any atom is 0.238 e. The largest absolute Gasteiger partial charge is 0.294 e. The minimum atomic E-state index is -0.257. The third-order valence-electron chi connectivity index (χ3n) is 2.07. The highest BCUT2D eigenvalue weighted by molar-refractivity contribution is 5.79. The number of hydrazine groups is 2. The second-order valence-corrected chi connectivity index (χ2v) is 3.31. The topological polar surface area (TPSA) is 110 Å². The molecule has 16 heavy (non-hydrogen) atoms. The summed E-state index contributed by atoms with van der Waals surface area (Å²) in [6.07, 6.45) is 0.444. The number of carbonyl (C=O) groups is 2. The fraction of sp³-hybridized carbons (Fsp3) is 0.200. The van der Waals surface area contributed by atoms with Gasteiger partial charge in [-0.05, 0) is 11.1 Å². The van der Waals surface area contributed by atoms with Gasteiger partial charge >= 0.3 is 0 Å².